The molecule has 234 valence electrons. The van der Waals surface area contributed by atoms with Gasteiger partial charge in [0.1, 0.15) is 28.0 Å². The molecule has 0 spiro atoms. The van der Waals surface area contributed by atoms with Gasteiger partial charge in [-0.3, -0.25) is 0 Å². The summed E-state index contributed by atoms with van der Waals surface area (Å²) in [5.41, 5.74) is 10.8. The summed E-state index contributed by atoms with van der Waals surface area (Å²) in [5.74, 6) is 1.24. The van der Waals surface area contributed by atoms with E-state index in [-0.39, 0.29) is 0 Å². The molecule has 0 N–H and O–H groups in total. The lowest BCUT2D eigenvalue weighted by atomic mass is 9.98. The number of fused-ring (bicyclic) bond motifs is 6. The van der Waals surface area contributed by atoms with E-state index < -0.39 is 0 Å². The van der Waals surface area contributed by atoms with Crippen LogP contribution < -0.4 is 0 Å². The Bertz CT molecular complexity index is 2800. The summed E-state index contributed by atoms with van der Waals surface area (Å²) in [6.45, 7) is 0. The fourth-order valence-corrected chi connectivity index (χ4v) is 6.83. The first kappa shape index (κ1) is 28.1. The quantitative estimate of drug-likeness (QED) is 0.186. The summed E-state index contributed by atoms with van der Waals surface area (Å²) >= 11 is 0. The highest BCUT2D eigenvalue weighted by atomic mass is 16.3. The van der Waals surface area contributed by atoms with Crippen LogP contribution in [0.1, 0.15) is 0 Å². The van der Waals surface area contributed by atoms with Crippen molar-refractivity contribution in [2.45, 2.75) is 0 Å². The molecule has 6 heteroatoms. The molecule has 4 aromatic heterocycles. The Morgan fingerprint density at radius 3 is 1.70 bits per heavy atom. The number of furan rings is 2. The van der Waals surface area contributed by atoms with Crippen LogP contribution in [0.25, 0.3) is 101 Å². The normalized spacial score (nSPS) is 11.6. The van der Waals surface area contributed by atoms with E-state index in [0.717, 1.165) is 83.3 Å². The summed E-state index contributed by atoms with van der Waals surface area (Å²) < 4.78 is 12.9. The van der Waals surface area contributed by atoms with Gasteiger partial charge in [-0.05, 0) is 30.3 Å². The molecular weight excluding hydrogens is 617 g/mol. The highest BCUT2D eigenvalue weighted by Gasteiger charge is 2.23. The van der Waals surface area contributed by atoms with Gasteiger partial charge in [0.15, 0.2) is 17.2 Å². The van der Waals surface area contributed by atoms with Gasteiger partial charge >= 0.3 is 0 Å². The second-order valence-electron chi connectivity index (χ2n) is 12.2. The van der Waals surface area contributed by atoms with Crippen molar-refractivity contribution in [3.63, 3.8) is 0 Å². The molecule has 0 saturated carbocycles. The van der Waals surface area contributed by atoms with Crippen molar-refractivity contribution in [3.8, 4) is 56.5 Å². The topological polar surface area (TPSA) is 77.8 Å². The zero-order chi connectivity index (χ0) is 33.0. The summed E-state index contributed by atoms with van der Waals surface area (Å²) in [6, 6.07) is 52.7. The maximum Gasteiger partial charge on any atom is 0.180 e. The molecule has 0 aliphatic heterocycles. The molecule has 0 atom stereocenters. The first-order valence-corrected chi connectivity index (χ1v) is 16.5. The van der Waals surface area contributed by atoms with Crippen LogP contribution in [-0.4, -0.2) is 19.9 Å². The first-order chi connectivity index (χ1) is 24.8. The minimum Gasteiger partial charge on any atom is -0.456 e. The van der Waals surface area contributed by atoms with Crippen LogP contribution in [0, 0.1) is 0 Å². The van der Waals surface area contributed by atoms with E-state index in [0.29, 0.717) is 17.2 Å². The highest BCUT2D eigenvalue weighted by molar-refractivity contribution is 6.18. The molecule has 10 aromatic rings. The number of rotatable bonds is 5. The average molecular weight is 643 g/mol. The second kappa shape index (κ2) is 11.4. The van der Waals surface area contributed by atoms with Crippen molar-refractivity contribution in [2.24, 2.45) is 0 Å². The van der Waals surface area contributed by atoms with Crippen molar-refractivity contribution in [2.75, 3.05) is 0 Å². The Kier molecular flexibility index (Phi) is 6.39. The van der Waals surface area contributed by atoms with Gasteiger partial charge in [0.05, 0.1) is 11.4 Å². The lowest BCUT2D eigenvalue weighted by Crippen LogP contribution is -1.96. The number of para-hydroxylation sites is 1. The Morgan fingerprint density at radius 2 is 0.960 bits per heavy atom. The van der Waals surface area contributed by atoms with E-state index in [1.54, 1.807) is 0 Å². The van der Waals surface area contributed by atoms with Gasteiger partial charge in [0, 0.05) is 44.0 Å². The van der Waals surface area contributed by atoms with E-state index in [1.807, 2.05) is 115 Å². The van der Waals surface area contributed by atoms with Crippen LogP contribution in [0.5, 0.6) is 0 Å². The van der Waals surface area contributed by atoms with Gasteiger partial charge in [-0.25, -0.2) is 19.9 Å². The molecule has 6 aromatic carbocycles. The Balaban J connectivity index is 1.26. The number of hydrogen-bond donors (Lipinski definition) is 0. The fourth-order valence-electron chi connectivity index (χ4n) is 6.83. The second-order valence-corrected chi connectivity index (χ2v) is 12.2. The van der Waals surface area contributed by atoms with Gasteiger partial charge in [-0.15, -0.1) is 0 Å². The number of aromatic nitrogens is 4. The van der Waals surface area contributed by atoms with Crippen molar-refractivity contribution >= 4 is 44.0 Å². The van der Waals surface area contributed by atoms with Crippen LogP contribution in [0.2, 0.25) is 0 Å². The summed E-state index contributed by atoms with van der Waals surface area (Å²) in [6.07, 6.45) is 0. The molecule has 0 fully saturated rings. The maximum atomic E-state index is 6.55. The van der Waals surface area contributed by atoms with Crippen LogP contribution in [0.15, 0.2) is 167 Å². The molecule has 0 aliphatic carbocycles. The lowest BCUT2D eigenvalue weighted by Gasteiger charge is -2.11. The van der Waals surface area contributed by atoms with Gasteiger partial charge in [0.2, 0.25) is 0 Å². The third-order valence-electron chi connectivity index (χ3n) is 9.13. The predicted molar refractivity (Wildman–Crippen MR) is 199 cm³/mol. The van der Waals surface area contributed by atoms with Crippen LogP contribution in [0.3, 0.4) is 0 Å². The molecule has 4 heterocycles. The van der Waals surface area contributed by atoms with Crippen LogP contribution >= 0.6 is 0 Å². The largest absolute Gasteiger partial charge is 0.456 e. The average Bonchev–Trinajstić information content (AvgIpc) is 3.77. The molecule has 0 bridgehead atoms. The maximum absolute atomic E-state index is 6.55. The first-order valence-electron chi connectivity index (χ1n) is 16.5. The third kappa shape index (κ3) is 4.58. The summed E-state index contributed by atoms with van der Waals surface area (Å²) in [5, 5.41) is 2.80. The Morgan fingerprint density at radius 1 is 0.380 bits per heavy atom. The molecule has 0 saturated heterocycles. The molecule has 6 nitrogen and oxygen atoms in total. The van der Waals surface area contributed by atoms with E-state index in [1.165, 1.54) is 0 Å². The third-order valence-corrected chi connectivity index (χ3v) is 9.13. The molecule has 0 aliphatic rings. The SMILES string of the molecule is c1ccc(-c2cc(-c3cccc4oc5cccc(-c6nc(-c7ccccc7)c7oc8ccccc8c7n6)c5c34)nc(-c3ccccc3)n2)cc1. The number of nitrogens with zero attached hydrogens (tertiary/aromatic N) is 4. The van der Waals surface area contributed by atoms with Crippen LogP contribution in [-0.2, 0) is 0 Å². The van der Waals surface area contributed by atoms with Crippen molar-refractivity contribution < 1.29 is 8.83 Å². The minimum atomic E-state index is 0.587. The van der Waals surface area contributed by atoms with Crippen molar-refractivity contribution in [1.82, 2.24) is 19.9 Å². The van der Waals surface area contributed by atoms with E-state index in [2.05, 4.69) is 42.5 Å². The Labute approximate surface area is 286 Å². The Hall–Kier alpha value is -6.92. The van der Waals surface area contributed by atoms with Crippen LogP contribution in [0.4, 0.5) is 0 Å². The van der Waals surface area contributed by atoms with E-state index in [4.69, 9.17) is 28.8 Å². The minimum absolute atomic E-state index is 0.587. The molecule has 50 heavy (non-hydrogen) atoms. The van der Waals surface area contributed by atoms with Gasteiger partial charge in [0.25, 0.3) is 0 Å². The monoisotopic (exact) mass is 642 g/mol. The molecule has 10 rings (SSSR count). The molecule has 0 radical (unpaired) electrons. The summed E-state index contributed by atoms with van der Waals surface area (Å²) in [4.78, 5) is 20.6. The van der Waals surface area contributed by atoms with Gasteiger partial charge in [-0.2, -0.15) is 0 Å². The fraction of sp³-hybridized carbons (Fsp3) is 0. The molecule has 0 amide bonds. The van der Waals surface area contributed by atoms with E-state index in [9.17, 15) is 0 Å². The van der Waals surface area contributed by atoms with E-state index >= 15 is 0 Å². The standard InChI is InChI=1S/C44H26N4O2/c1-4-14-27(15-5-1)33-26-34(46-43(45-33)29-18-8-3-9-19-29)30-21-12-24-36-38(30)39-32(22-13-25-37(39)49-36)44-47-40(28-16-6-2-7-17-28)42-41(48-44)31-20-10-11-23-35(31)50-42/h1-26H. The van der Waals surface area contributed by atoms with Gasteiger partial charge < -0.3 is 8.83 Å². The number of hydrogen-bond acceptors (Lipinski definition) is 6. The van der Waals surface area contributed by atoms with Crippen molar-refractivity contribution in [1.29, 1.82) is 0 Å². The molecule has 0 unspecified atom stereocenters. The lowest BCUT2D eigenvalue weighted by molar-refractivity contribution is 0.667. The van der Waals surface area contributed by atoms with Gasteiger partial charge in [-0.1, -0.05) is 127 Å². The summed E-state index contributed by atoms with van der Waals surface area (Å²) in [7, 11) is 0. The highest BCUT2D eigenvalue weighted by Crippen LogP contribution is 2.43. The predicted octanol–water partition coefficient (Wildman–Crippen LogP) is 11.4. The number of benzene rings is 6. The smallest absolute Gasteiger partial charge is 0.180 e. The zero-order valence-corrected chi connectivity index (χ0v) is 26.6. The van der Waals surface area contributed by atoms with Crippen molar-refractivity contribution in [3.05, 3.63) is 158 Å². The molecular formula is C44H26N4O2. The zero-order valence-electron chi connectivity index (χ0n) is 26.6.